The number of β-lactam (4-membered cyclic amide) rings is 1. The lowest BCUT2D eigenvalue weighted by atomic mass is 9.82. The second-order valence-corrected chi connectivity index (χ2v) is 12.8. The molecule has 2 atom stereocenters. The van der Waals surface area contributed by atoms with E-state index in [0.717, 1.165) is 27.8 Å². The van der Waals surface area contributed by atoms with E-state index < -0.39 is 30.4 Å². The van der Waals surface area contributed by atoms with E-state index in [1.54, 1.807) is 12.1 Å². The van der Waals surface area contributed by atoms with Crippen LogP contribution in [0.5, 0.6) is 0 Å². The molecule has 1 saturated heterocycles. The number of imide groups is 1. The van der Waals surface area contributed by atoms with Gasteiger partial charge in [0.2, 0.25) is 5.91 Å². The maximum Gasteiger partial charge on any atom is 0.410 e. The van der Waals surface area contributed by atoms with E-state index in [1.807, 2.05) is 146 Å². The number of ether oxygens (including phenoxy) is 2. The fourth-order valence-electron chi connectivity index (χ4n) is 6.14. The highest BCUT2D eigenvalue weighted by atomic mass is 16.6. The van der Waals surface area contributed by atoms with Crippen molar-refractivity contribution >= 4 is 30.1 Å². The van der Waals surface area contributed by atoms with Crippen molar-refractivity contribution in [3.8, 4) is 11.1 Å². The quantitative estimate of drug-likeness (QED) is 0.0441. The Labute approximate surface area is 314 Å². The van der Waals surface area contributed by atoms with Crippen LogP contribution in [0.1, 0.15) is 39.9 Å². The van der Waals surface area contributed by atoms with Gasteiger partial charge in [0, 0.05) is 5.56 Å². The topological polar surface area (TPSA) is 126 Å². The van der Waals surface area contributed by atoms with Crippen molar-refractivity contribution in [2.24, 2.45) is 5.92 Å². The molecule has 1 aliphatic rings. The van der Waals surface area contributed by atoms with Gasteiger partial charge in [-0.1, -0.05) is 146 Å². The number of hydrogen-bond donors (Lipinski definition) is 3. The minimum absolute atomic E-state index is 0.0475. The molecule has 6 rings (SSSR count). The third-order valence-electron chi connectivity index (χ3n) is 9.00. The molecule has 4 amide bonds. The molecule has 10 heteroatoms. The van der Waals surface area contributed by atoms with E-state index in [4.69, 9.17) is 9.47 Å². The van der Waals surface area contributed by atoms with Gasteiger partial charge in [-0.2, -0.15) is 0 Å². The molecule has 5 aromatic carbocycles. The van der Waals surface area contributed by atoms with Crippen LogP contribution in [0.15, 0.2) is 152 Å². The normalized spacial score (nSPS) is 15.1. The molecule has 0 unspecified atom stereocenters. The number of carbonyl (C=O) groups excluding carboxylic acids is 4. The van der Waals surface area contributed by atoms with Crippen LogP contribution in [-0.4, -0.2) is 47.8 Å². The summed E-state index contributed by atoms with van der Waals surface area (Å²) in [5.41, 5.74) is 5.02. The summed E-state index contributed by atoms with van der Waals surface area (Å²) in [4.78, 5) is 54.1. The molecule has 1 heterocycles. The van der Waals surface area contributed by atoms with Crippen molar-refractivity contribution in [1.29, 1.82) is 0 Å². The summed E-state index contributed by atoms with van der Waals surface area (Å²) in [6.07, 6.45) is 2.26. The van der Waals surface area contributed by atoms with Crippen LogP contribution < -0.4 is 16.0 Å². The standard InChI is InChI=1S/C44H42N4O6/c49-40(37-26-24-36(25-27-37)35-20-11-4-12-21-35)48-39(28-23-32-14-5-1-6-15-32)38(41(48)50)22-13-29-45-42(46-43(51)53-30-33-16-7-2-8-17-33)47-44(52)54-31-34-18-9-3-10-19-34/h1-12,14-21,23-28,38-39,42,45H,13,22,29-31H2,(H,46,51)(H,47,52)/b28-23+/t38-,39-/m1/s1. The van der Waals surface area contributed by atoms with Crippen molar-refractivity contribution in [2.75, 3.05) is 6.54 Å². The predicted molar refractivity (Wildman–Crippen MR) is 206 cm³/mol. The average Bonchev–Trinajstić information content (AvgIpc) is 3.22. The van der Waals surface area contributed by atoms with Crippen LogP contribution in [0.3, 0.4) is 0 Å². The SMILES string of the molecule is O=C(NC(NCCC[C@H]1C(=O)N(C(=O)c2ccc(-c3ccccc3)cc2)[C@@H]1/C=C/c1ccccc1)NC(=O)OCc1ccccc1)OCc1ccccc1. The molecule has 1 fully saturated rings. The number of hydrogen-bond acceptors (Lipinski definition) is 7. The molecule has 0 bridgehead atoms. The van der Waals surface area contributed by atoms with Crippen LogP contribution in [0.2, 0.25) is 0 Å². The van der Waals surface area contributed by atoms with Crippen molar-refractivity contribution in [3.63, 3.8) is 0 Å². The lowest BCUT2D eigenvalue weighted by Gasteiger charge is -2.44. The summed E-state index contributed by atoms with van der Waals surface area (Å²) >= 11 is 0. The zero-order valence-electron chi connectivity index (χ0n) is 29.7. The number of amides is 4. The van der Waals surface area contributed by atoms with Gasteiger partial charge >= 0.3 is 12.2 Å². The van der Waals surface area contributed by atoms with Gasteiger partial charge in [-0.25, -0.2) is 9.59 Å². The predicted octanol–water partition coefficient (Wildman–Crippen LogP) is 7.54. The van der Waals surface area contributed by atoms with Crippen LogP contribution in [-0.2, 0) is 27.5 Å². The number of alkyl carbamates (subject to hydrolysis) is 2. The molecule has 0 aromatic heterocycles. The van der Waals surface area contributed by atoms with E-state index in [-0.39, 0.29) is 25.0 Å². The molecule has 3 N–H and O–H groups in total. The van der Waals surface area contributed by atoms with Gasteiger partial charge in [0.1, 0.15) is 13.2 Å². The molecule has 54 heavy (non-hydrogen) atoms. The molecule has 0 spiro atoms. The maximum absolute atomic E-state index is 13.7. The van der Waals surface area contributed by atoms with Crippen molar-refractivity contribution in [2.45, 2.75) is 38.4 Å². The summed E-state index contributed by atoms with van der Waals surface area (Å²) in [6.45, 7) is 0.411. The van der Waals surface area contributed by atoms with Gasteiger partial charge in [-0.05, 0) is 59.3 Å². The highest BCUT2D eigenvalue weighted by molar-refractivity contribution is 6.09. The average molecular weight is 723 g/mol. The van der Waals surface area contributed by atoms with Gasteiger partial charge in [-0.3, -0.25) is 30.4 Å². The van der Waals surface area contributed by atoms with Crippen LogP contribution in [0.25, 0.3) is 17.2 Å². The Kier molecular flexibility index (Phi) is 13.0. The van der Waals surface area contributed by atoms with Gasteiger partial charge in [0.05, 0.1) is 12.0 Å². The number of nitrogens with zero attached hydrogens (tertiary/aromatic N) is 1. The first-order chi connectivity index (χ1) is 26.4. The third kappa shape index (κ3) is 10.3. The highest BCUT2D eigenvalue weighted by Crippen LogP contribution is 2.34. The lowest BCUT2D eigenvalue weighted by Crippen LogP contribution is -2.62. The Hall–Kier alpha value is -6.52. The molecule has 0 aliphatic carbocycles. The van der Waals surface area contributed by atoms with Gasteiger partial charge < -0.3 is 9.47 Å². The molecule has 5 aromatic rings. The minimum atomic E-state index is -1.03. The summed E-state index contributed by atoms with van der Waals surface area (Å²) in [5, 5.41) is 8.37. The van der Waals surface area contributed by atoms with E-state index in [2.05, 4.69) is 16.0 Å². The molecular formula is C44H42N4O6. The Morgan fingerprint density at radius 3 is 1.70 bits per heavy atom. The smallest absolute Gasteiger partial charge is 0.410 e. The lowest BCUT2D eigenvalue weighted by molar-refractivity contribution is -0.148. The van der Waals surface area contributed by atoms with E-state index in [1.165, 1.54) is 4.90 Å². The fraction of sp³-hybridized carbons (Fsp3) is 0.182. The van der Waals surface area contributed by atoms with Crippen LogP contribution in [0, 0.1) is 5.92 Å². The first-order valence-corrected chi connectivity index (χ1v) is 17.9. The molecule has 1 aliphatic heterocycles. The van der Waals surface area contributed by atoms with Gasteiger partial charge in [0.25, 0.3) is 5.91 Å². The number of nitrogens with one attached hydrogen (secondary N) is 3. The third-order valence-corrected chi connectivity index (χ3v) is 9.00. The monoisotopic (exact) mass is 722 g/mol. The summed E-state index contributed by atoms with van der Waals surface area (Å²) < 4.78 is 10.7. The van der Waals surface area contributed by atoms with Gasteiger partial charge in [0.15, 0.2) is 6.29 Å². The second-order valence-electron chi connectivity index (χ2n) is 12.8. The Morgan fingerprint density at radius 1 is 0.648 bits per heavy atom. The maximum atomic E-state index is 13.7. The van der Waals surface area contributed by atoms with Crippen LogP contribution in [0.4, 0.5) is 9.59 Å². The van der Waals surface area contributed by atoms with E-state index in [9.17, 15) is 19.2 Å². The first kappa shape index (κ1) is 37.2. The number of carbonyl (C=O) groups is 4. The Balaban J connectivity index is 1.08. The number of rotatable bonds is 15. The van der Waals surface area contributed by atoms with Crippen molar-refractivity contribution < 1.29 is 28.7 Å². The molecule has 0 radical (unpaired) electrons. The zero-order chi connectivity index (χ0) is 37.5. The summed E-state index contributed by atoms with van der Waals surface area (Å²) in [6, 6.07) is 44.9. The largest absolute Gasteiger partial charge is 0.445 e. The second kappa shape index (κ2) is 18.8. The first-order valence-electron chi connectivity index (χ1n) is 17.9. The van der Waals surface area contributed by atoms with Gasteiger partial charge in [-0.15, -0.1) is 0 Å². The number of benzene rings is 5. The molecular weight excluding hydrogens is 681 g/mol. The summed E-state index contributed by atoms with van der Waals surface area (Å²) in [7, 11) is 0. The van der Waals surface area contributed by atoms with Crippen LogP contribution >= 0.6 is 0 Å². The summed E-state index contributed by atoms with van der Waals surface area (Å²) in [5.74, 6) is -1.05. The van der Waals surface area contributed by atoms with Crippen molar-refractivity contribution in [3.05, 3.63) is 174 Å². The van der Waals surface area contributed by atoms with E-state index >= 15 is 0 Å². The molecule has 10 nitrogen and oxygen atoms in total. The highest BCUT2D eigenvalue weighted by Gasteiger charge is 2.48. The zero-order valence-corrected chi connectivity index (χ0v) is 29.7. The number of likely N-dealkylation sites (tertiary alicyclic amines) is 1. The van der Waals surface area contributed by atoms with Crippen molar-refractivity contribution in [1.82, 2.24) is 20.9 Å². The molecule has 274 valence electrons. The minimum Gasteiger partial charge on any atom is -0.445 e. The molecule has 0 saturated carbocycles. The Bertz CT molecular complexity index is 1950. The fourth-order valence-corrected chi connectivity index (χ4v) is 6.14. The van der Waals surface area contributed by atoms with E-state index in [0.29, 0.717) is 24.9 Å². The Morgan fingerprint density at radius 2 is 1.15 bits per heavy atom.